The summed E-state index contributed by atoms with van der Waals surface area (Å²) in [5, 5.41) is 0. The number of hydrogen-bond acceptors (Lipinski definition) is 4. The summed E-state index contributed by atoms with van der Waals surface area (Å²) in [6.45, 7) is 3.75. The first-order chi connectivity index (χ1) is 10.2. The Hall–Kier alpha value is -1.41. The summed E-state index contributed by atoms with van der Waals surface area (Å²) in [4.78, 5) is 25.5. The lowest BCUT2D eigenvalue weighted by atomic mass is 9.85. The summed E-state index contributed by atoms with van der Waals surface area (Å²) in [5.41, 5.74) is -1.10. The Morgan fingerprint density at radius 3 is 2.36 bits per heavy atom. The van der Waals surface area contributed by atoms with Crippen LogP contribution in [0.15, 0.2) is 33.6 Å². The maximum atomic E-state index is 12.3. The highest BCUT2D eigenvalue weighted by Gasteiger charge is 2.49. The van der Waals surface area contributed by atoms with Crippen LogP contribution in [0.5, 0.6) is 0 Å². The molecule has 0 spiro atoms. The molecule has 1 saturated heterocycles. The van der Waals surface area contributed by atoms with Gasteiger partial charge in [-0.05, 0) is 37.6 Å². The zero-order chi connectivity index (χ0) is 16.5. The van der Waals surface area contributed by atoms with Gasteiger partial charge in [0, 0.05) is 17.4 Å². The number of carbonyl (C=O) groups is 2. The highest BCUT2D eigenvalue weighted by molar-refractivity contribution is 9.10. The van der Waals surface area contributed by atoms with Crippen LogP contribution in [-0.4, -0.2) is 37.2 Å². The molecule has 8 heteroatoms. The third-order valence-corrected chi connectivity index (χ3v) is 5.74. The molecule has 1 atom stereocenters. The fraction of sp³-hybridized carbons (Fsp3) is 0.429. The predicted molar refractivity (Wildman–Crippen MR) is 84.5 cm³/mol. The van der Waals surface area contributed by atoms with Gasteiger partial charge in [-0.3, -0.25) is 9.59 Å². The van der Waals surface area contributed by atoms with Crippen LogP contribution >= 0.6 is 15.9 Å². The Bertz CT molecular complexity index is 702. The zero-order valence-electron chi connectivity index (χ0n) is 12.3. The molecule has 0 aromatic heterocycles. The lowest BCUT2D eigenvalue weighted by molar-refractivity contribution is -0.156. The van der Waals surface area contributed by atoms with Gasteiger partial charge in [-0.25, -0.2) is 13.1 Å². The molecule has 1 aromatic rings. The normalized spacial score (nSPS) is 21.1. The number of sulfonamides is 1. The maximum absolute atomic E-state index is 12.3. The van der Waals surface area contributed by atoms with Crippen molar-refractivity contribution in [1.82, 2.24) is 9.62 Å². The van der Waals surface area contributed by atoms with Crippen molar-refractivity contribution < 1.29 is 18.0 Å². The number of amides is 2. The number of rotatable bonds is 4. The van der Waals surface area contributed by atoms with Gasteiger partial charge in [0.15, 0.2) is 0 Å². The van der Waals surface area contributed by atoms with Crippen molar-refractivity contribution in [3.05, 3.63) is 28.7 Å². The third kappa shape index (κ3) is 3.03. The standard InChI is InChI=1S/C14H17BrN2O4S/c1-3-12(18)17-9-8-14(17,2)13(19)16-22(20,21)11-6-4-10(15)5-7-11/h4-7H,3,8-9H2,1-2H3,(H,16,19). The minimum absolute atomic E-state index is 0.000316. The quantitative estimate of drug-likeness (QED) is 0.849. The van der Waals surface area contributed by atoms with Gasteiger partial charge in [0.1, 0.15) is 5.54 Å². The largest absolute Gasteiger partial charge is 0.328 e. The van der Waals surface area contributed by atoms with E-state index in [0.717, 1.165) is 4.47 Å². The molecular formula is C14H17BrN2O4S. The van der Waals surface area contributed by atoms with E-state index in [1.165, 1.54) is 17.0 Å². The molecule has 1 aliphatic heterocycles. The molecule has 0 bridgehead atoms. The van der Waals surface area contributed by atoms with Crippen LogP contribution in [0, 0.1) is 0 Å². The maximum Gasteiger partial charge on any atom is 0.264 e. The van der Waals surface area contributed by atoms with Crippen molar-refractivity contribution >= 4 is 37.8 Å². The molecule has 0 saturated carbocycles. The third-order valence-electron chi connectivity index (χ3n) is 3.86. The van der Waals surface area contributed by atoms with E-state index in [-0.39, 0.29) is 17.2 Å². The molecule has 1 aliphatic rings. The Labute approximate surface area is 138 Å². The second-order valence-electron chi connectivity index (χ2n) is 5.31. The fourth-order valence-electron chi connectivity index (χ4n) is 2.29. The van der Waals surface area contributed by atoms with E-state index in [2.05, 4.69) is 20.7 Å². The van der Waals surface area contributed by atoms with Crippen LogP contribution < -0.4 is 4.72 Å². The molecule has 1 aromatic carbocycles. The monoisotopic (exact) mass is 388 g/mol. The number of likely N-dealkylation sites (tertiary alicyclic amines) is 1. The van der Waals surface area contributed by atoms with Crippen molar-refractivity contribution in [2.24, 2.45) is 0 Å². The van der Waals surface area contributed by atoms with Gasteiger partial charge in [0.25, 0.3) is 15.9 Å². The second kappa shape index (κ2) is 6.00. The first kappa shape index (κ1) is 17.0. The van der Waals surface area contributed by atoms with Crippen molar-refractivity contribution in [2.75, 3.05) is 6.54 Å². The van der Waals surface area contributed by atoms with Crippen LogP contribution in [0.1, 0.15) is 26.7 Å². The summed E-state index contributed by atoms with van der Waals surface area (Å²) in [6, 6.07) is 5.96. The van der Waals surface area contributed by atoms with E-state index >= 15 is 0 Å². The lowest BCUT2D eigenvalue weighted by Gasteiger charge is -2.48. The summed E-state index contributed by atoms with van der Waals surface area (Å²) >= 11 is 3.22. The molecule has 1 heterocycles. The van der Waals surface area contributed by atoms with E-state index < -0.39 is 21.5 Å². The number of benzene rings is 1. The number of halogens is 1. The van der Waals surface area contributed by atoms with Crippen LogP contribution in [0.4, 0.5) is 0 Å². The molecule has 120 valence electrons. The Balaban J connectivity index is 2.18. The lowest BCUT2D eigenvalue weighted by Crippen LogP contribution is -2.67. The number of carbonyl (C=O) groups excluding carboxylic acids is 2. The van der Waals surface area contributed by atoms with Crippen LogP contribution in [0.3, 0.4) is 0 Å². The van der Waals surface area contributed by atoms with E-state index in [1.54, 1.807) is 26.0 Å². The molecular weight excluding hydrogens is 372 g/mol. The van der Waals surface area contributed by atoms with Crippen LogP contribution in [0.25, 0.3) is 0 Å². The molecule has 2 rings (SSSR count). The van der Waals surface area contributed by atoms with Crippen molar-refractivity contribution in [3.63, 3.8) is 0 Å². The summed E-state index contributed by atoms with van der Waals surface area (Å²) in [5.74, 6) is -0.839. The molecule has 6 nitrogen and oxygen atoms in total. The molecule has 1 fully saturated rings. The minimum Gasteiger partial charge on any atom is -0.328 e. The van der Waals surface area contributed by atoms with Gasteiger partial charge >= 0.3 is 0 Å². The van der Waals surface area contributed by atoms with E-state index in [4.69, 9.17) is 0 Å². The Morgan fingerprint density at radius 1 is 1.32 bits per heavy atom. The molecule has 0 radical (unpaired) electrons. The van der Waals surface area contributed by atoms with Gasteiger partial charge in [-0.1, -0.05) is 22.9 Å². The Kier molecular flexibility index (Phi) is 4.62. The van der Waals surface area contributed by atoms with Gasteiger partial charge in [0.05, 0.1) is 4.90 Å². The van der Waals surface area contributed by atoms with E-state index in [1.807, 2.05) is 0 Å². The van der Waals surface area contributed by atoms with Crippen molar-refractivity contribution in [3.8, 4) is 0 Å². The SMILES string of the molecule is CCC(=O)N1CCC1(C)C(=O)NS(=O)(=O)c1ccc(Br)cc1. The molecule has 2 amide bonds. The predicted octanol–water partition coefficient (Wildman–Crippen LogP) is 1.66. The second-order valence-corrected chi connectivity index (χ2v) is 7.91. The first-order valence-electron chi connectivity index (χ1n) is 6.84. The fourth-order valence-corrected chi connectivity index (χ4v) is 3.63. The van der Waals surface area contributed by atoms with Crippen LogP contribution in [0.2, 0.25) is 0 Å². The van der Waals surface area contributed by atoms with E-state index in [0.29, 0.717) is 13.0 Å². The summed E-state index contributed by atoms with van der Waals surface area (Å²) < 4.78 is 27.3. The van der Waals surface area contributed by atoms with Gasteiger partial charge in [0.2, 0.25) is 5.91 Å². The van der Waals surface area contributed by atoms with Crippen molar-refractivity contribution in [1.29, 1.82) is 0 Å². The van der Waals surface area contributed by atoms with Crippen LogP contribution in [-0.2, 0) is 19.6 Å². The smallest absolute Gasteiger partial charge is 0.264 e. The highest BCUT2D eigenvalue weighted by Crippen LogP contribution is 2.31. The topological polar surface area (TPSA) is 83.6 Å². The van der Waals surface area contributed by atoms with Gasteiger partial charge in [-0.2, -0.15) is 0 Å². The number of hydrogen-bond donors (Lipinski definition) is 1. The molecule has 0 aliphatic carbocycles. The molecule has 1 unspecified atom stereocenters. The molecule has 22 heavy (non-hydrogen) atoms. The summed E-state index contributed by atoms with van der Waals surface area (Å²) in [7, 11) is -3.95. The van der Waals surface area contributed by atoms with Crippen molar-refractivity contribution in [2.45, 2.75) is 37.1 Å². The summed E-state index contributed by atoms with van der Waals surface area (Å²) in [6.07, 6.45) is 0.725. The minimum atomic E-state index is -3.95. The average molecular weight is 389 g/mol. The first-order valence-corrected chi connectivity index (χ1v) is 9.11. The number of nitrogens with one attached hydrogen (secondary N) is 1. The Morgan fingerprint density at radius 2 is 1.91 bits per heavy atom. The van der Waals surface area contributed by atoms with E-state index in [9.17, 15) is 18.0 Å². The van der Waals surface area contributed by atoms with Gasteiger partial charge < -0.3 is 4.90 Å². The van der Waals surface area contributed by atoms with Gasteiger partial charge in [-0.15, -0.1) is 0 Å². The molecule has 1 N–H and O–H groups in total. The highest BCUT2D eigenvalue weighted by atomic mass is 79.9. The number of nitrogens with zero attached hydrogens (tertiary/aromatic N) is 1. The zero-order valence-corrected chi connectivity index (χ0v) is 14.7. The average Bonchev–Trinajstić information content (AvgIpc) is 2.45.